The highest BCUT2D eigenvalue weighted by Crippen LogP contribution is 2.38. The predicted octanol–water partition coefficient (Wildman–Crippen LogP) is 3.76. The molecule has 4 N–H and O–H groups in total. The Labute approximate surface area is 164 Å². The number of fused-ring (bicyclic) bond motifs is 1. The van der Waals surface area contributed by atoms with E-state index in [1.165, 1.54) is 0 Å². The van der Waals surface area contributed by atoms with Crippen LogP contribution in [-0.2, 0) is 17.6 Å². The van der Waals surface area contributed by atoms with E-state index < -0.39 is 5.97 Å². The summed E-state index contributed by atoms with van der Waals surface area (Å²) in [4.78, 5) is 14.6. The molecule has 0 saturated heterocycles. The Morgan fingerprint density at radius 2 is 1.93 bits per heavy atom. The number of aryl methyl sites for hydroxylation is 1. The van der Waals surface area contributed by atoms with Gasteiger partial charge in [0.1, 0.15) is 11.5 Å². The van der Waals surface area contributed by atoms with Crippen molar-refractivity contribution in [2.75, 3.05) is 20.8 Å². The van der Waals surface area contributed by atoms with E-state index in [0.717, 1.165) is 64.0 Å². The van der Waals surface area contributed by atoms with Gasteiger partial charge in [0, 0.05) is 22.5 Å². The lowest BCUT2D eigenvalue weighted by Crippen LogP contribution is -2.00. The van der Waals surface area contributed by atoms with Gasteiger partial charge in [-0.25, -0.2) is 0 Å². The molecular weight excluding hydrogens is 356 g/mol. The maximum absolute atomic E-state index is 11.1. The second kappa shape index (κ2) is 8.80. The van der Waals surface area contributed by atoms with Gasteiger partial charge in [-0.2, -0.15) is 0 Å². The number of ether oxygens (including phenoxy) is 2. The van der Waals surface area contributed by atoms with Gasteiger partial charge in [0.25, 0.3) is 0 Å². The molecule has 0 fully saturated rings. The highest BCUT2D eigenvalue weighted by molar-refractivity contribution is 5.93. The van der Waals surface area contributed by atoms with Gasteiger partial charge in [0.2, 0.25) is 0 Å². The molecule has 1 heterocycles. The summed E-state index contributed by atoms with van der Waals surface area (Å²) in [5, 5.41) is 10.2. The minimum Gasteiger partial charge on any atom is -0.497 e. The molecule has 0 aliphatic heterocycles. The van der Waals surface area contributed by atoms with E-state index in [0.29, 0.717) is 6.54 Å². The molecule has 0 bridgehead atoms. The van der Waals surface area contributed by atoms with Crippen molar-refractivity contribution in [3.05, 3.63) is 47.5 Å². The van der Waals surface area contributed by atoms with Gasteiger partial charge in [0.15, 0.2) is 0 Å². The number of rotatable bonds is 9. The van der Waals surface area contributed by atoms with Crippen LogP contribution in [0.3, 0.4) is 0 Å². The molecule has 0 radical (unpaired) electrons. The molecule has 1 aromatic heterocycles. The molecule has 6 heteroatoms. The Morgan fingerprint density at radius 1 is 1.11 bits per heavy atom. The first kappa shape index (κ1) is 19.8. The SMILES string of the molecule is COc1ccc(-c2[nH]c3ccc(CC(=O)O)cc3c2CCCCN)c(OC)c1. The average molecular weight is 382 g/mol. The van der Waals surface area contributed by atoms with Crippen LogP contribution in [0.15, 0.2) is 36.4 Å². The summed E-state index contributed by atoms with van der Waals surface area (Å²) in [7, 11) is 3.26. The van der Waals surface area contributed by atoms with Crippen LogP contribution in [0, 0.1) is 0 Å². The minimum atomic E-state index is -0.836. The molecule has 0 amide bonds. The van der Waals surface area contributed by atoms with Gasteiger partial charge >= 0.3 is 5.97 Å². The number of unbranched alkanes of at least 4 members (excludes halogenated alkanes) is 1. The molecular formula is C22H26N2O4. The van der Waals surface area contributed by atoms with E-state index in [1.807, 2.05) is 36.4 Å². The van der Waals surface area contributed by atoms with Crippen LogP contribution in [0.4, 0.5) is 0 Å². The Morgan fingerprint density at radius 3 is 2.61 bits per heavy atom. The third-order valence-corrected chi connectivity index (χ3v) is 4.88. The lowest BCUT2D eigenvalue weighted by molar-refractivity contribution is -0.136. The molecule has 0 atom stereocenters. The number of nitrogens with two attached hydrogens (primary N) is 1. The van der Waals surface area contributed by atoms with E-state index in [2.05, 4.69) is 4.98 Å². The molecule has 3 aromatic rings. The largest absolute Gasteiger partial charge is 0.497 e. The summed E-state index contributed by atoms with van der Waals surface area (Å²) in [5.41, 5.74) is 10.5. The molecule has 0 aliphatic rings. The molecule has 0 spiro atoms. The normalized spacial score (nSPS) is 11.0. The van der Waals surface area contributed by atoms with Crippen molar-refractivity contribution in [2.45, 2.75) is 25.7 Å². The highest BCUT2D eigenvalue weighted by atomic mass is 16.5. The minimum absolute atomic E-state index is 0.00451. The van der Waals surface area contributed by atoms with E-state index in [1.54, 1.807) is 14.2 Å². The van der Waals surface area contributed by atoms with Gasteiger partial charge in [-0.1, -0.05) is 6.07 Å². The number of H-pyrrole nitrogens is 1. The predicted molar refractivity (Wildman–Crippen MR) is 110 cm³/mol. The topological polar surface area (TPSA) is 97.6 Å². The molecule has 6 nitrogen and oxygen atoms in total. The summed E-state index contributed by atoms with van der Waals surface area (Å²) in [6.07, 6.45) is 2.74. The first-order chi connectivity index (χ1) is 13.6. The average Bonchev–Trinajstić information content (AvgIpc) is 3.05. The number of carbonyl (C=O) groups is 1. The monoisotopic (exact) mass is 382 g/mol. The van der Waals surface area contributed by atoms with Crippen LogP contribution in [0.2, 0.25) is 0 Å². The van der Waals surface area contributed by atoms with Crippen molar-refractivity contribution < 1.29 is 19.4 Å². The van der Waals surface area contributed by atoms with Crippen molar-refractivity contribution in [3.8, 4) is 22.8 Å². The molecule has 0 aliphatic carbocycles. The first-order valence-electron chi connectivity index (χ1n) is 9.35. The van der Waals surface area contributed by atoms with Gasteiger partial charge < -0.3 is 25.3 Å². The van der Waals surface area contributed by atoms with Crippen LogP contribution < -0.4 is 15.2 Å². The van der Waals surface area contributed by atoms with E-state index in [-0.39, 0.29) is 6.42 Å². The summed E-state index contributed by atoms with van der Waals surface area (Å²) in [5.74, 6) is 0.610. The second-order valence-corrected chi connectivity index (χ2v) is 6.74. The number of benzene rings is 2. The maximum Gasteiger partial charge on any atom is 0.307 e. The summed E-state index contributed by atoms with van der Waals surface area (Å²) < 4.78 is 10.9. The van der Waals surface area contributed by atoms with Crippen molar-refractivity contribution in [1.82, 2.24) is 4.98 Å². The van der Waals surface area contributed by atoms with Gasteiger partial charge in [-0.15, -0.1) is 0 Å². The molecule has 0 unspecified atom stereocenters. The quantitative estimate of drug-likeness (QED) is 0.490. The number of nitrogens with one attached hydrogen (secondary N) is 1. The fraction of sp³-hybridized carbons (Fsp3) is 0.318. The van der Waals surface area contributed by atoms with Crippen molar-refractivity contribution in [3.63, 3.8) is 0 Å². The number of carboxylic acid groups (broad SMARTS) is 1. The number of aromatic nitrogens is 1. The summed E-state index contributed by atoms with van der Waals surface area (Å²) in [6, 6.07) is 11.5. The second-order valence-electron chi connectivity index (χ2n) is 6.74. The van der Waals surface area contributed by atoms with Crippen LogP contribution >= 0.6 is 0 Å². The maximum atomic E-state index is 11.1. The molecule has 3 rings (SSSR count). The zero-order valence-electron chi connectivity index (χ0n) is 16.2. The number of carboxylic acids is 1. The van der Waals surface area contributed by atoms with Crippen LogP contribution in [0.1, 0.15) is 24.0 Å². The lowest BCUT2D eigenvalue weighted by Gasteiger charge is -2.11. The Bertz CT molecular complexity index is 978. The number of hydrogen-bond acceptors (Lipinski definition) is 4. The fourth-order valence-corrected chi connectivity index (χ4v) is 3.52. The molecule has 28 heavy (non-hydrogen) atoms. The van der Waals surface area contributed by atoms with Crippen LogP contribution in [-0.4, -0.2) is 36.8 Å². The smallest absolute Gasteiger partial charge is 0.307 e. The Balaban J connectivity index is 2.15. The standard InChI is InChI=1S/C22H26N2O4/c1-27-15-7-8-17(20(13-15)28-2)22-16(5-3-4-10-23)18-11-14(12-21(25)26)6-9-19(18)24-22/h6-9,11,13,24H,3-5,10,12,23H2,1-2H3,(H,25,26). The summed E-state index contributed by atoms with van der Waals surface area (Å²) in [6.45, 7) is 0.647. The zero-order valence-corrected chi connectivity index (χ0v) is 16.2. The number of aromatic amines is 1. The van der Waals surface area contributed by atoms with Gasteiger partial charge in [0.05, 0.1) is 26.3 Å². The number of methoxy groups -OCH3 is 2. The highest BCUT2D eigenvalue weighted by Gasteiger charge is 2.17. The lowest BCUT2D eigenvalue weighted by atomic mass is 9.98. The third kappa shape index (κ3) is 4.12. The van der Waals surface area contributed by atoms with E-state index >= 15 is 0 Å². The number of aliphatic carboxylic acids is 1. The van der Waals surface area contributed by atoms with E-state index in [9.17, 15) is 4.79 Å². The van der Waals surface area contributed by atoms with Crippen LogP contribution in [0.25, 0.3) is 22.2 Å². The van der Waals surface area contributed by atoms with Crippen molar-refractivity contribution in [2.24, 2.45) is 5.73 Å². The first-order valence-corrected chi connectivity index (χ1v) is 9.35. The molecule has 148 valence electrons. The summed E-state index contributed by atoms with van der Waals surface area (Å²) >= 11 is 0. The van der Waals surface area contributed by atoms with Gasteiger partial charge in [-0.05, 0) is 61.2 Å². The Kier molecular flexibility index (Phi) is 6.21. The van der Waals surface area contributed by atoms with Crippen molar-refractivity contribution in [1.29, 1.82) is 0 Å². The molecule has 0 saturated carbocycles. The fourth-order valence-electron chi connectivity index (χ4n) is 3.52. The number of hydrogen-bond donors (Lipinski definition) is 3. The zero-order chi connectivity index (χ0) is 20.1. The van der Waals surface area contributed by atoms with Crippen molar-refractivity contribution >= 4 is 16.9 Å². The van der Waals surface area contributed by atoms with E-state index in [4.69, 9.17) is 20.3 Å². The third-order valence-electron chi connectivity index (χ3n) is 4.88. The van der Waals surface area contributed by atoms with Gasteiger partial charge in [-0.3, -0.25) is 4.79 Å². The molecule has 2 aromatic carbocycles. The van der Waals surface area contributed by atoms with Crippen LogP contribution in [0.5, 0.6) is 11.5 Å². The Hall–Kier alpha value is -2.99.